The van der Waals surface area contributed by atoms with E-state index in [4.69, 9.17) is 10.4 Å². The third kappa shape index (κ3) is 4.54. The number of aliphatic carboxylic acids is 1. The molecule has 0 saturated heterocycles. The number of nitrogens with zero attached hydrogens (tertiary/aromatic N) is 3. The standard InChI is InChI=1S/C12H18N4O4S/c1-9-12(21(19,20)14-7-4-3-6-13)10(2)16(15-9)8-5-11(17)18/h14H,3-5,7-8H2,1-2H3,(H,17,18). The number of carboxylic acid groups (broad SMARTS) is 1. The highest BCUT2D eigenvalue weighted by Crippen LogP contribution is 2.19. The van der Waals surface area contributed by atoms with Gasteiger partial charge < -0.3 is 5.11 Å². The molecule has 1 aromatic heterocycles. The fourth-order valence-electron chi connectivity index (χ4n) is 1.93. The van der Waals surface area contributed by atoms with Crippen LogP contribution in [0.25, 0.3) is 0 Å². The predicted octanol–water partition coefficient (Wildman–Crippen LogP) is 0.557. The number of nitrogens with one attached hydrogen (secondary N) is 1. The van der Waals surface area contributed by atoms with E-state index in [0.717, 1.165) is 0 Å². The molecule has 0 spiro atoms. The second kappa shape index (κ2) is 7.19. The van der Waals surface area contributed by atoms with Crippen LogP contribution in [-0.2, 0) is 21.4 Å². The summed E-state index contributed by atoms with van der Waals surface area (Å²) in [4.78, 5) is 10.7. The highest BCUT2D eigenvalue weighted by atomic mass is 32.2. The molecule has 0 aliphatic carbocycles. The van der Waals surface area contributed by atoms with Gasteiger partial charge in [0.1, 0.15) is 4.90 Å². The molecule has 8 nitrogen and oxygen atoms in total. The molecule has 9 heteroatoms. The van der Waals surface area contributed by atoms with Crippen molar-refractivity contribution >= 4 is 16.0 Å². The van der Waals surface area contributed by atoms with Crippen molar-refractivity contribution in [2.45, 2.75) is 44.6 Å². The Labute approximate surface area is 123 Å². The van der Waals surface area contributed by atoms with Crippen LogP contribution in [0.3, 0.4) is 0 Å². The molecule has 0 aliphatic rings. The van der Waals surface area contributed by atoms with Crippen molar-refractivity contribution in [1.82, 2.24) is 14.5 Å². The summed E-state index contributed by atoms with van der Waals surface area (Å²) in [6, 6.07) is 1.94. The first kappa shape index (κ1) is 17.1. The van der Waals surface area contributed by atoms with Crippen molar-refractivity contribution in [1.29, 1.82) is 5.26 Å². The molecule has 0 amide bonds. The minimum Gasteiger partial charge on any atom is -0.481 e. The van der Waals surface area contributed by atoms with Crippen LogP contribution >= 0.6 is 0 Å². The molecule has 1 heterocycles. The zero-order valence-electron chi connectivity index (χ0n) is 12.0. The monoisotopic (exact) mass is 314 g/mol. The van der Waals surface area contributed by atoms with Gasteiger partial charge in [-0.3, -0.25) is 9.48 Å². The van der Waals surface area contributed by atoms with Crippen molar-refractivity contribution < 1.29 is 18.3 Å². The van der Waals surface area contributed by atoms with Crippen molar-refractivity contribution in [3.05, 3.63) is 11.4 Å². The first-order chi connectivity index (χ1) is 9.79. The minimum absolute atomic E-state index is 0.0739. The topological polar surface area (TPSA) is 125 Å². The summed E-state index contributed by atoms with van der Waals surface area (Å²) in [5.41, 5.74) is 0.729. The van der Waals surface area contributed by atoms with Gasteiger partial charge in [-0.15, -0.1) is 0 Å². The molecule has 2 N–H and O–H groups in total. The number of carbonyl (C=O) groups is 1. The fraction of sp³-hybridized carbons (Fsp3) is 0.583. The molecule has 0 fully saturated rings. The lowest BCUT2D eigenvalue weighted by Gasteiger charge is -2.07. The summed E-state index contributed by atoms with van der Waals surface area (Å²) in [5, 5.41) is 21.2. The summed E-state index contributed by atoms with van der Waals surface area (Å²) >= 11 is 0. The summed E-state index contributed by atoms with van der Waals surface area (Å²) in [7, 11) is -3.71. The van der Waals surface area contributed by atoms with E-state index in [9.17, 15) is 13.2 Å². The van der Waals surface area contributed by atoms with E-state index in [-0.39, 0.29) is 30.8 Å². The number of hydrogen-bond donors (Lipinski definition) is 2. The van der Waals surface area contributed by atoms with E-state index >= 15 is 0 Å². The average molecular weight is 314 g/mol. The smallest absolute Gasteiger partial charge is 0.305 e. The van der Waals surface area contributed by atoms with Crippen LogP contribution in [0.1, 0.15) is 30.7 Å². The summed E-state index contributed by atoms with van der Waals surface area (Å²) in [5.74, 6) is -0.971. The highest BCUT2D eigenvalue weighted by Gasteiger charge is 2.24. The van der Waals surface area contributed by atoms with E-state index in [0.29, 0.717) is 17.8 Å². The van der Waals surface area contributed by atoms with Gasteiger partial charge in [-0.25, -0.2) is 13.1 Å². The fourth-order valence-corrected chi connectivity index (χ4v) is 3.42. The number of sulfonamides is 1. The maximum absolute atomic E-state index is 12.2. The lowest BCUT2D eigenvalue weighted by Crippen LogP contribution is -2.25. The molecular weight excluding hydrogens is 296 g/mol. The van der Waals surface area contributed by atoms with E-state index in [1.165, 1.54) is 4.68 Å². The maximum Gasteiger partial charge on any atom is 0.305 e. The van der Waals surface area contributed by atoms with Gasteiger partial charge in [0, 0.05) is 13.0 Å². The predicted molar refractivity (Wildman–Crippen MR) is 74.0 cm³/mol. The molecule has 0 aromatic carbocycles. The first-order valence-corrected chi connectivity index (χ1v) is 7.90. The number of carboxylic acids is 1. The Hall–Kier alpha value is -1.92. The second-order valence-electron chi connectivity index (χ2n) is 4.53. The van der Waals surface area contributed by atoms with Crippen LogP contribution in [0.5, 0.6) is 0 Å². The lowest BCUT2D eigenvalue weighted by molar-refractivity contribution is -0.137. The van der Waals surface area contributed by atoms with Gasteiger partial charge in [-0.05, 0) is 20.3 Å². The Bertz CT molecular complexity index is 658. The molecule has 0 bridgehead atoms. The average Bonchev–Trinajstić information content (AvgIpc) is 2.67. The van der Waals surface area contributed by atoms with Crippen molar-refractivity contribution in [3.63, 3.8) is 0 Å². The molecule has 1 aromatic rings. The van der Waals surface area contributed by atoms with Gasteiger partial charge in [-0.2, -0.15) is 10.4 Å². The van der Waals surface area contributed by atoms with Gasteiger partial charge in [-0.1, -0.05) is 0 Å². The quantitative estimate of drug-likeness (QED) is 0.675. The van der Waals surface area contributed by atoms with E-state index in [2.05, 4.69) is 9.82 Å². The van der Waals surface area contributed by atoms with Crippen molar-refractivity contribution in [3.8, 4) is 6.07 Å². The van der Waals surface area contributed by atoms with E-state index in [1.54, 1.807) is 13.8 Å². The van der Waals surface area contributed by atoms with Crippen LogP contribution < -0.4 is 4.72 Å². The Balaban J connectivity index is 2.91. The van der Waals surface area contributed by atoms with Crippen LogP contribution in [0, 0.1) is 25.2 Å². The number of unbranched alkanes of at least 4 members (excludes halogenated alkanes) is 1. The Kier molecular flexibility index (Phi) is 5.87. The second-order valence-corrected chi connectivity index (χ2v) is 6.23. The molecule has 1 rings (SSSR count). The van der Waals surface area contributed by atoms with Gasteiger partial charge in [0.05, 0.1) is 30.4 Å². The van der Waals surface area contributed by atoms with Crippen LogP contribution in [-0.4, -0.2) is 35.8 Å². The van der Waals surface area contributed by atoms with Gasteiger partial charge >= 0.3 is 5.97 Å². The lowest BCUT2D eigenvalue weighted by atomic mass is 10.3. The summed E-state index contributed by atoms with van der Waals surface area (Å²) in [6.07, 6.45) is 0.580. The maximum atomic E-state index is 12.2. The third-order valence-electron chi connectivity index (χ3n) is 2.88. The highest BCUT2D eigenvalue weighted by molar-refractivity contribution is 7.89. The third-order valence-corrected chi connectivity index (χ3v) is 4.59. The zero-order chi connectivity index (χ0) is 16.0. The molecule has 0 radical (unpaired) electrons. The first-order valence-electron chi connectivity index (χ1n) is 6.42. The Morgan fingerprint density at radius 3 is 2.71 bits per heavy atom. The molecule has 0 atom stereocenters. The Morgan fingerprint density at radius 2 is 2.14 bits per heavy atom. The SMILES string of the molecule is Cc1nn(CCC(=O)O)c(C)c1S(=O)(=O)NCCCC#N. The molecule has 116 valence electrons. The number of aromatic nitrogens is 2. The number of aryl methyl sites for hydroxylation is 2. The largest absolute Gasteiger partial charge is 0.481 e. The molecule has 0 saturated carbocycles. The van der Waals surface area contributed by atoms with Crippen LogP contribution in [0.4, 0.5) is 0 Å². The van der Waals surface area contributed by atoms with Crippen LogP contribution in [0.15, 0.2) is 4.90 Å². The Morgan fingerprint density at radius 1 is 1.48 bits per heavy atom. The van der Waals surface area contributed by atoms with Gasteiger partial charge in [0.2, 0.25) is 10.0 Å². The normalized spacial score (nSPS) is 11.3. The molecule has 0 unspecified atom stereocenters. The summed E-state index contributed by atoms with van der Waals surface area (Å²) in [6.45, 7) is 3.45. The number of hydrogen-bond acceptors (Lipinski definition) is 5. The van der Waals surface area contributed by atoms with E-state index < -0.39 is 16.0 Å². The van der Waals surface area contributed by atoms with E-state index in [1.807, 2.05) is 6.07 Å². The van der Waals surface area contributed by atoms with Crippen molar-refractivity contribution in [2.24, 2.45) is 0 Å². The number of nitriles is 1. The van der Waals surface area contributed by atoms with Gasteiger partial charge in [0.25, 0.3) is 0 Å². The van der Waals surface area contributed by atoms with Gasteiger partial charge in [0.15, 0.2) is 0 Å². The zero-order valence-corrected chi connectivity index (χ0v) is 12.8. The van der Waals surface area contributed by atoms with Crippen molar-refractivity contribution in [2.75, 3.05) is 6.54 Å². The molecular formula is C12H18N4O4S. The number of rotatable bonds is 8. The minimum atomic E-state index is -3.71. The molecule has 21 heavy (non-hydrogen) atoms. The molecule has 0 aliphatic heterocycles. The van der Waals surface area contributed by atoms with Crippen LogP contribution in [0.2, 0.25) is 0 Å². The summed E-state index contributed by atoms with van der Waals surface area (Å²) < 4.78 is 28.3.